The molecule has 0 saturated heterocycles. The van der Waals surface area contributed by atoms with Crippen LogP contribution in [0.1, 0.15) is 16.8 Å². The SMILES string of the molecule is O=S(=O)(Cc1noc2ccccc12)Nc1cc(C(F)(F)F)cc(C(F)(F)F)c1. The summed E-state index contributed by atoms with van der Waals surface area (Å²) in [5.74, 6) is -0.804. The molecule has 0 spiro atoms. The maximum atomic E-state index is 12.9. The van der Waals surface area contributed by atoms with Crippen molar-refractivity contribution in [2.24, 2.45) is 0 Å². The lowest BCUT2D eigenvalue weighted by molar-refractivity contribution is -0.143. The molecule has 3 rings (SSSR count). The summed E-state index contributed by atoms with van der Waals surface area (Å²) in [5, 5.41) is 3.94. The second-order valence-electron chi connectivity index (χ2n) is 5.78. The van der Waals surface area contributed by atoms with E-state index in [-0.39, 0.29) is 29.5 Å². The van der Waals surface area contributed by atoms with Crippen LogP contribution in [0.4, 0.5) is 32.0 Å². The quantitative estimate of drug-likeness (QED) is 0.611. The highest BCUT2D eigenvalue weighted by Gasteiger charge is 2.37. The average Bonchev–Trinajstić information content (AvgIpc) is 2.95. The van der Waals surface area contributed by atoms with Gasteiger partial charge in [-0.25, -0.2) is 8.42 Å². The van der Waals surface area contributed by atoms with Crippen molar-refractivity contribution in [1.29, 1.82) is 0 Å². The Bertz CT molecular complexity index is 1090. The van der Waals surface area contributed by atoms with E-state index < -0.39 is 44.9 Å². The zero-order valence-corrected chi connectivity index (χ0v) is 14.4. The van der Waals surface area contributed by atoms with Gasteiger partial charge in [-0.1, -0.05) is 17.3 Å². The van der Waals surface area contributed by atoms with Gasteiger partial charge in [0.05, 0.1) is 11.1 Å². The Morgan fingerprint density at radius 3 is 2.07 bits per heavy atom. The summed E-state index contributed by atoms with van der Waals surface area (Å²) < 4.78 is 109. The van der Waals surface area contributed by atoms with Crippen LogP contribution in [0.2, 0.25) is 0 Å². The lowest BCUT2D eigenvalue weighted by Gasteiger charge is -2.15. The highest BCUT2D eigenvalue weighted by atomic mass is 32.2. The highest BCUT2D eigenvalue weighted by molar-refractivity contribution is 7.91. The maximum Gasteiger partial charge on any atom is 0.416 e. The van der Waals surface area contributed by atoms with Crippen LogP contribution in [0.15, 0.2) is 47.0 Å². The predicted molar refractivity (Wildman–Crippen MR) is 86.7 cm³/mol. The van der Waals surface area contributed by atoms with Crippen molar-refractivity contribution >= 4 is 26.7 Å². The Morgan fingerprint density at radius 1 is 0.929 bits per heavy atom. The largest absolute Gasteiger partial charge is 0.416 e. The number of halogens is 6. The van der Waals surface area contributed by atoms with E-state index in [4.69, 9.17) is 4.52 Å². The van der Waals surface area contributed by atoms with Crippen LogP contribution in [-0.4, -0.2) is 13.6 Å². The Kier molecular flexibility index (Phi) is 4.77. The summed E-state index contributed by atoms with van der Waals surface area (Å²) in [7, 11) is -4.38. The number of hydrogen-bond donors (Lipinski definition) is 1. The molecule has 0 aliphatic rings. The van der Waals surface area contributed by atoms with Gasteiger partial charge in [-0.05, 0) is 30.3 Å². The van der Waals surface area contributed by atoms with E-state index in [1.54, 1.807) is 16.9 Å². The van der Waals surface area contributed by atoms with Crippen LogP contribution in [0.5, 0.6) is 0 Å². The normalized spacial score (nSPS) is 13.1. The van der Waals surface area contributed by atoms with E-state index in [0.29, 0.717) is 5.39 Å². The minimum atomic E-state index is -5.09. The Labute approximate surface area is 154 Å². The molecule has 1 heterocycles. The number of sulfonamides is 1. The predicted octanol–water partition coefficient (Wildman–Crippen LogP) is 4.81. The van der Waals surface area contributed by atoms with Crippen molar-refractivity contribution in [3.8, 4) is 0 Å². The molecular weight excluding hydrogens is 414 g/mol. The molecule has 0 amide bonds. The first-order valence-electron chi connectivity index (χ1n) is 7.48. The molecule has 5 nitrogen and oxygen atoms in total. The molecule has 0 atom stereocenters. The van der Waals surface area contributed by atoms with E-state index in [9.17, 15) is 34.8 Å². The van der Waals surface area contributed by atoms with Crippen molar-refractivity contribution in [2.75, 3.05) is 4.72 Å². The first kappa shape index (κ1) is 20.0. The van der Waals surface area contributed by atoms with Crippen molar-refractivity contribution in [2.45, 2.75) is 18.1 Å². The Morgan fingerprint density at radius 2 is 1.50 bits per heavy atom. The Hall–Kier alpha value is -2.76. The van der Waals surface area contributed by atoms with Gasteiger partial charge in [0, 0.05) is 11.1 Å². The molecule has 2 aromatic carbocycles. The van der Waals surface area contributed by atoms with Gasteiger partial charge < -0.3 is 4.52 Å². The van der Waals surface area contributed by atoms with E-state index in [1.807, 2.05) is 0 Å². The third kappa shape index (κ3) is 4.38. The second kappa shape index (κ2) is 6.69. The number of nitrogens with one attached hydrogen (secondary N) is 1. The average molecular weight is 424 g/mol. The molecule has 0 bridgehead atoms. The number of fused-ring (bicyclic) bond motifs is 1. The zero-order chi connectivity index (χ0) is 20.7. The molecule has 0 fully saturated rings. The summed E-state index contributed by atoms with van der Waals surface area (Å²) in [6.07, 6.45) is -10.2. The number of hydrogen-bond acceptors (Lipinski definition) is 4. The monoisotopic (exact) mass is 424 g/mol. The fourth-order valence-corrected chi connectivity index (χ4v) is 3.57. The fraction of sp³-hybridized carbons (Fsp3) is 0.188. The van der Waals surface area contributed by atoms with Gasteiger partial charge in [-0.2, -0.15) is 26.3 Å². The number of benzene rings is 2. The van der Waals surface area contributed by atoms with E-state index in [1.165, 1.54) is 12.1 Å². The van der Waals surface area contributed by atoms with Crippen LogP contribution >= 0.6 is 0 Å². The molecule has 1 aromatic heterocycles. The number of anilines is 1. The third-order valence-corrected chi connectivity index (χ3v) is 4.84. The van der Waals surface area contributed by atoms with Crippen LogP contribution in [0.25, 0.3) is 11.0 Å². The summed E-state index contributed by atoms with van der Waals surface area (Å²) in [6, 6.07) is 6.72. The van der Waals surface area contributed by atoms with Crippen molar-refractivity contribution in [1.82, 2.24) is 5.16 Å². The van der Waals surface area contributed by atoms with Crippen LogP contribution in [0, 0.1) is 0 Å². The zero-order valence-electron chi connectivity index (χ0n) is 13.6. The van der Waals surface area contributed by atoms with Gasteiger partial charge in [0.25, 0.3) is 0 Å². The third-order valence-electron chi connectivity index (χ3n) is 3.64. The first-order valence-corrected chi connectivity index (χ1v) is 9.14. The van der Waals surface area contributed by atoms with Crippen LogP contribution in [0.3, 0.4) is 0 Å². The lowest BCUT2D eigenvalue weighted by atomic mass is 10.1. The van der Waals surface area contributed by atoms with Crippen molar-refractivity contribution < 1.29 is 39.3 Å². The molecule has 0 unspecified atom stereocenters. The Balaban J connectivity index is 1.95. The maximum absolute atomic E-state index is 12.9. The molecular formula is C16H10F6N2O3S. The van der Waals surface area contributed by atoms with Gasteiger partial charge in [-0.3, -0.25) is 4.72 Å². The number of alkyl halides is 6. The van der Waals surface area contributed by atoms with Gasteiger partial charge in [-0.15, -0.1) is 0 Å². The molecule has 0 aliphatic carbocycles. The summed E-state index contributed by atoms with van der Waals surface area (Å²) >= 11 is 0. The fourth-order valence-electron chi connectivity index (χ4n) is 2.45. The smallest absolute Gasteiger partial charge is 0.356 e. The minimum Gasteiger partial charge on any atom is -0.356 e. The van der Waals surface area contributed by atoms with Crippen molar-refractivity contribution in [3.63, 3.8) is 0 Å². The van der Waals surface area contributed by atoms with Gasteiger partial charge in [0.2, 0.25) is 10.0 Å². The summed E-state index contributed by atoms with van der Waals surface area (Å²) in [5.41, 5.74) is -3.88. The molecule has 12 heteroatoms. The van der Waals surface area contributed by atoms with Gasteiger partial charge in [0.1, 0.15) is 11.4 Å². The number of nitrogens with zero attached hydrogens (tertiary/aromatic N) is 1. The minimum absolute atomic E-state index is 0.0360. The number of rotatable bonds is 4. The molecule has 0 aliphatic heterocycles. The highest BCUT2D eigenvalue weighted by Crippen LogP contribution is 2.37. The van der Waals surface area contributed by atoms with Crippen molar-refractivity contribution in [3.05, 3.63) is 59.3 Å². The van der Waals surface area contributed by atoms with E-state index >= 15 is 0 Å². The summed E-state index contributed by atoms with van der Waals surface area (Å²) in [4.78, 5) is 0. The molecule has 1 N–H and O–H groups in total. The lowest BCUT2D eigenvalue weighted by Crippen LogP contribution is -2.18. The van der Waals surface area contributed by atoms with E-state index in [0.717, 1.165) is 0 Å². The summed E-state index contributed by atoms with van der Waals surface area (Å²) in [6.45, 7) is 0. The molecule has 0 radical (unpaired) electrons. The number of para-hydroxylation sites is 1. The number of aromatic nitrogens is 1. The topological polar surface area (TPSA) is 72.2 Å². The molecule has 0 saturated carbocycles. The standard InChI is InChI=1S/C16H10F6N2O3S/c17-15(18,19)9-5-10(16(20,21)22)7-11(6-9)24-28(25,26)8-13-12-3-1-2-4-14(12)27-23-13/h1-7,24H,8H2. The second-order valence-corrected chi connectivity index (χ2v) is 7.50. The molecule has 28 heavy (non-hydrogen) atoms. The van der Waals surface area contributed by atoms with Gasteiger partial charge >= 0.3 is 12.4 Å². The molecule has 3 aromatic rings. The van der Waals surface area contributed by atoms with Crippen LogP contribution < -0.4 is 4.72 Å². The van der Waals surface area contributed by atoms with E-state index in [2.05, 4.69) is 5.16 Å². The van der Waals surface area contributed by atoms with Crippen LogP contribution in [-0.2, 0) is 28.1 Å². The first-order chi connectivity index (χ1) is 12.9. The molecule has 150 valence electrons. The van der Waals surface area contributed by atoms with Gasteiger partial charge in [0.15, 0.2) is 5.58 Å².